The summed E-state index contributed by atoms with van der Waals surface area (Å²) in [6.07, 6.45) is 16.9. The third-order valence-electron chi connectivity index (χ3n) is 10.9. The minimum absolute atomic E-state index is 0.0110. The van der Waals surface area contributed by atoms with Gasteiger partial charge in [-0.15, -0.1) is 18.3 Å². The van der Waals surface area contributed by atoms with Crippen molar-refractivity contribution in [3.8, 4) is 11.5 Å². The maximum absolute atomic E-state index is 9.84. The lowest BCUT2D eigenvalue weighted by molar-refractivity contribution is -0.223. The highest BCUT2D eigenvalue weighted by Crippen LogP contribution is 2.63. The summed E-state index contributed by atoms with van der Waals surface area (Å²) >= 11 is 2.02. The highest BCUT2D eigenvalue weighted by Gasteiger charge is 2.64. The molecule has 0 radical (unpaired) electrons. The van der Waals surface area contributed by atoms with Crippen molar-refractivity contribution in [3.05, 3.63) is 96.6 Å². The molecular weight excluding hydrogens is 647 g/mol. The van der Waals surface area contributed by atoms with Crippen molar-refractivity contribution in [3.63, 3.8) is 0 Å². The fourth-order valence-corrected chi connectivity index (χ4v) is 10.5. The second-order valence-electron chi connectivity index (χ2n) is 14.1. The minimum Gasteiger partial charge on any atom is -0.490 e. The molecule has 1 heterocycles. The van der Waals surface area contributed by atoms with Gasteiger partial charge in [-0.1, -0.05) is 86.0 Å². The number of fused-ring (bicyclic) bond motifs is 2. The Morgan fingerprint density at radius 2 is 1.70 bits per heavy atom. The summed E-state index contributed by atoms with van der Waals surface area (Å²) in [5, 5.41) is 25.1. The smallest absolute Gasteiger partial charge is 0.230 e. The number of thioether (sulfide) groups is 1. The zero-order chi connectivity index (χ0) is 34.8. The first-order chi connectivity index (χ1) is 24.6. The first-order valence-corrected chi connectivity index (χ1v) is 19.7. The summed E-state index contributed by atoms with van der Waals surface area (Å²) in [4.78, 5) is 6.19. The molecule has 270 valence electrons. The number of allylic oxidation sites excluding steroid dienone is 1. The van der Waals surface area contributed by atoms with E-state index in [0.29, 0.717) is 31.5 Å². The van der Waals surface area contributed by atoms with Crippen LogP contribution in [-0.4, -0.2) is 58.6 Å². The van der Waals surface area contributed by atoms with Gasteiger partial charge in [0.1, 0.15) is 24.7 Å². The van der Waals surface area contributed by atoms with E-state index in [2.05, 4.69) is 43.5 Å². The number of aliphatic hydroxyl groups excluding tert-OH is 2. The zero-order valence-corrected chi connectivity index (χ0v) is 30.2. The van der Waals surface area contributed by atoms with Crippen molar-refractivity contribution in [2.75, 3.05) is 26.4 Å². The molecule has 2 saturated carbocycles. The van der Waals surface area contributed by atoms with Gasteiger partial charge in [-0.3, -0.25) is 0 Å². The van der Waals surface area contributed by atoms with Crippen molar-refractivity contribution < 1.29 is 29.3 Å². The lowest BCUT2D eigenvalue weighted by Gasteiger charge is -2.58. The van der Waals surface area contributed by atoms with Crippen molar-refractivity contribution in [1.82, 2.24) is 0 Å². The van der Waals surface area contributed by atoms with E-state index in [-0.39, 0.29) is 42.1 Å². The van der Waals surface area contributed by atoms with E-state index in [1.54, 1.807) is 6.08 Å². The number of rotatable bonds is 19. The zero-order valence-electron chi connectivity index (χ0n) is 29.4. The molecule has 0 amide bonds. The molecule has 7 nitrogen and oxygen atoms in total. The van der Waals surface area contributed by atoms with Gasteiger partial charge in [-0.25, -0.2) is 0 Å². The number of oxime groups is 1. The molecule has 0 spiro atoms. The molecule has 1 aliphatic heterocycles. The minimum atomic E-state index is -0.932. The Bertz CT molecular complexity index is 1470. The van der Waals surface area contributed by atoms with Crippen molar-refractivity contribution in [1.29, 1.82) is 0 Å². The van der Waals surface area contributed by atoms with Crippen LogP contribution in [0.25, 0.3) is 0 Å². The summed E-state index contributed by atoms with van der Waals surface area (Å²) in [6, 6.07) is 16.4. The molecule has 0 aromatic heterocycles. The third-order valence-corrected chi connectivity index (χ3v) is 12.6. The first-order valence-electron chi connectivity index (χ1n) is 18.7. The summed E-state index contributed by atoms with van der Waals surface area (Å²) in [5.74, 6) is 1.14. The Morgan fingerprint density at radius 1 is 0.940 bits per heavy atom. The van der Waals surface area contributed by atoms with Crippen molar-refractivity contribution >= 4 is 17.5 Å². The van der Waals surface area contributed by atoms with Crippen molar-refractivity contribution in [2.24, 2.45) is 22.9 Å². The molecule has 0 unspecified atom stereocenters. The van der Waals surface area contributed by atoms with Crippen LogP contribution >= 0.6 is 11.8 Å². The van der Waals surface area contributed by atoms with Crippen LogP contribution in [0.3, 0.4) is 0 Å². The van der Waals surface area contributed by atoms with E-state index >= 15 is 0 Å². The SMILES string of the molecule is C=CCOc1ccc2c(c1)[C@H]1[C@H](CCCCO)[C@@H](CCCCO)C=C3C(=NOCc4ccccc4)C[C@H](SC4CCCC4)[C@@](OCC=C)(O2)[C@H]31. The summed E-state index contributed by atoms with van der Waals surface area (Å²) in [6.45, 7) is 9.47. The van der Waals surface area contributed by atoms with Gasteiger partial charge in [0, 0.05) is 36.4 Å². The molecule has 3 aliphatic carbocycles. The largest absolute Gasteiger partial charge is 0.490 e. The summed E-state index contributed by atoms with van der Waals surface area (Å²) < 4.78 is 20.5. The molecule has 50 heavy (non-hydrogen) atoms. The average Bonchev–Trinajstić information content (AvgIpc) is 3.66. The highest BCUT2D eigenvalue weighted by molar-refractivity contribution is 8.00. The number of hydrogen-bond acceptors (Lipinski definition) is 8. The molecule has 8 heteroatoms. The van der Waals surface area contributed by atoms with Crippen LogP contribution in [0.2, 0.25) is 0 Å². The number of nitrogens with zero attached hydrogens (tertiary/aromatic N) is 1. The Morgan fingerprint density at radius 3 is 2.44 bits per heavy atom. The van der Waals surface area contributed by atoms with E-state index in [9.17, 15) is 10.2 Å². The second-order valence-corrected chi connectivity index (χ2v) is 15.7. The van der Waals surface area contributed by atoms with E-state index in [0.717, 1.165) is 72.4 Å². The van der Waals surface area contributed by atoms with E-state index < -0.39 is 5.79 Å². The normalized spacial score (nSPS) is 27.9. The van der Waals surface area contributed by atoms with E-state index in [1.165, 1.54) is 25.7 Å². The van der Waals surface area contributed by atoms with Gasteiger partial charge < -0.3 is 29.3 Å². The number of ether oxygens (including phenoxy) is 3. The van der Waals surface area contributed by atoms with Gasteiger partial charge in [0.15, 0.2) is 0 Å². The number of aliphatic hydroxyl groups is 2. The van der Waals surface area contributed by atoms with Crippen LogP contribution < -0.4 is 9.47 Å². The van der Waals surface area contributed by atoms with Crippen LogP contribution in [0, 0.1) is 17.8 Å². The Labute approximate surface area is 302 Å². The maximum atomic E-state index is 9.84. The maximum Gasteiger partial charge on any atom is 0.230 e. The van der Waals surface area contributed by atoms with E-state index in [4.69, 9.17) is 24.2 Å². The quantitative estimate of drug-likeness (QED) is 0.0860. The standard InChI is InChI=1S/C42H55NO6S/c1-3-24-46-32-20-21-38-36(27-32)40-34(19-11-13-23-45)31(16-10-12-22-44)26-35-37(43-48-29-30-14-6-5-7-15-30)28-39(50-33-17-8-9-18-33)42(49-38,41(35)40)47-25-4-2/h3-7,14-15,20-21,26-27,31,33-34,39-41,44-45H,1-2,8-13,16-19,22-25,28-29H2/t31-,34+,39-,40+,41+,42+/m0/s1. The molecule has 0 saturated heterocycles. The molecular formula is C42H55NO6S. The monoisotopic (exact) mass is 701 g/mol. The average molecular weight is 702 g/mol. The first kappa shape index (κ1) is 36.7. The number of hydrogen-bond donors (Lipinski definition) is 2. The fraction of sp³-hybridized carbons (Fsp3) is 0.548. The summed E-state index contributed by atoms with van der Waals surface area (Å²) in [5.41, 5.74) is 4.36. The molecule has 2 aromatic rings. The second kappa shape index (κ2) is 17.9. The van der Waals surface area contributed by atoms with Gasteiger partial charge in [0.2, 0.25) is 5.79 Å². The van der Waals surface area contributed by atoms with Gasteiger partial charge in [-0.05, 0) is 79.7 Å². The lowest BCUT2D eigenvalue weighted by Crippen LogP contribution is -2.64. The van der Waals surface area contributed by atoms with E-state index in [1.807, 2.05) is 42.1 Å². The van der Waals surface area contributed by atoms with Crippen LogP contribution in [0.15, 0.2) is 90.6 Å². The molecule has 2 aromatic carbocycles. The highest BCUT2D eigenvalue weighted by atomic mass is 32.2. The van der Waals surface area contributed by atoms with Crippen LogP contribution in [0.5, 0.6) is 11.5 Å². The van der Waals surface area contributed by atoms with Crippen molar-refractivity contribution in [2.45, 2.75) is 99.4 Å². The predicted octanol–water partition coefficient (Wildman–Crippen LogP) is 8.76. The fourth-order valence-electron chi connectivity index (χ4n) is 8.70. The van der Waals surface area contributed by atoms with Crippen LogP contribution in [0.1, 0.15) is 87.7 Å². The van der Waals surface area contributed by atoms with Gasteiger partial charge >= 0.3 is 0 Å². The van der Waals surface area contributed by atoms with Crippen LogP contribution in [-0.2, 0) is 16.2 Å². The van der Waals surface area contributed by atoms with Gasteiger partial charge in [0.05, 0.1) is 23.5 Å². The van der Waals surface area contributed by atoms with Gasteiger partial charge in [0.25, 0.3) is 0 Å². The predicted molar refractivity (Wildman–Crippen MR) is 202 cm³/mol. The molecule has 6 atom stereocenters. The number of unbranched alkanes of at least 4 members (excludes halogenated alkanes) is 2. The molecule has 4 aliphatic rings. The molecule has 6 rings (SSSR count). The number of benzene rings is 2. The lowest BCUT2D eigenvalue weighted by atomic mass is 9.56. The Hall–Kier alpha value is -3.04. The summed E-state index contributed by atoms with van der Waals surface area (Å²) in [7, 11) is 0. The van der Waals surface area contributed by atoms with Gasteiger partial charge in [-0.2, -0.15) is 0 Å². The molecule has 2 N–H and O–H groups in total. The molecule has 2 fully saturated rings. The Balaban J connectivity index is 1.51. The molecule has 0 bridgehead atoms. The van der Waals surface area contributed by atoms with Crippen LogP contribution in [0.4, 0.5) is 0 Å². The Kier molecular flexibility index (Phi) is 13.2. The third kappa shape index (κ3) is 8.20. The topological polar surface area (TPSA) is 89.7 Å².